The zero-order valence-electron chi connectivity index (χ0n) is 20.0. The van der Waals surface area contributed by atoms with E-state index < -0.39 is 23.3 Å². The standard InChI is InChI=1S/C30H32F4O/c1-2-18-3-8-20(9-4-18)23-14-13-22(27(31)28(23)32)12-7-19-5-10-21(11-6-19)24-15-16-25(26-17-35-26)30(34)29(24)33/h2,8,13-16,18-19,21,26H,1,3-7,9-12,17H2. The predicted molar refractivity (Wildman–Crippen MR) is 130 cm³/mol. The maximum atomic E-state index is 14.9. The second-order valence-electron chi connectivity index (χ2n) is 10.4. The monoisotopic (exact) mass is 484 g/mol. The van der Waals surface area contributed by atoms with Crippen LogP contribution in [0.4, 0.5) is 17.6 Å². The van der Waals surface area contributed by atoms with Crippen LogP contribution in [0.25, 0.3) is 5.57 Å². The van der Waals surface area contributed by atoms with Gasteiger partial charge in [0.15, 0.2) is 23.3 Å². The van der Waals surface area contributed by atoms with Crippen LogP contribution in [0.3, 0.4) is 0 Å². The molecule has 35 heavy (non-hydrogen) atoms. The van der Waals surface area contributed by atoms with Gasteiger partial charge >= 0.3 is 0 Å². The van der Waals surface area contributed by atoms with Crippen LogP contribution in [-0.4, -0.2) is 6.61 Å². The molecule has 5 heteroatoms. The first-order valence-corrected chi connectivity index (χ1v) is 12.8. The van der Waals surface area contributed by atoms with Crippen LogP contribution in [0.2, 0.25) is 0 Å². The van der Waals surface area contributed by atoms with E-state index in [0.717, 1.165) is 56.9 Å². The molecular formula is C30H32F4O. The molecule has 1 nitrogen and oxygen atoms in total. The molecule has 3 aliphatic rings. The summed E-state index contributed by atoms with van der Waals surface area (Å²) in [6.45, 7) is 4.27. The van der Waals surface area contributed by atoms with Crippen LogP contribution >= 0.6 is 0 Å². The molecule has 1 aliphatic heterocycles. The quantitative estimate of drug-likeness (QED) is 0.218. The van der Waals surface area contributed by atoms with Gasteiger partial charge < -0.3 is 4.74 Å². The first kappa shape index (κ1) is 24.3. The van der Waals surface area contributed by atoms with Crippen molar-refractivity contribution in [2.75, 3.05) is 6.61 Å². The third-order valence-corrected chi connectivity index (χ3v) is 8.22. The minimum absolute atomic E-state index is 0.00663. The van der Waals surface area contributed by atoms with Crippen LogP contribution in [0.5, 0.6) is 0 Å². The first-order chi connectivity index (χ1) is 17.0. The summed E-state index contributed by atoms with van der Waals surface area (Å²) >= 11 is 0. The maximum Gasteiger partial charge on any atom is 0.166 e. The molecule has 1 saturated carbocycles. The zero-order chi connectivity index (χ0) is 24.5. The molecule has 0 amide bonds. The molecule has 1 saturated heterocycles. The lowest BCUT2D eigenvalue weighted by Gasteiger charge is -2.29. The van der Waals surface area contributed by atoms with Gasteiger partial charge in [-0.15, -0.1) is 6.58 Å². The van der Waals surface area contributed by atoms with E-state index in [-0.39, 0.29) is 12.0 Å². The molecular weight excluding hydrogens is 452 g/mol. The van der Waals surface area contributed by atoms with Crippen molar-refractivity contribution in [2.45, 2.75) is 69.8 Å². The van der Waals surface area contributed by atoms with Crippen LogP contribution in [-0.2, 0) is 11.2 Å². The Labute approximate surface area is 204 Å². The van der Waals surface area contributed by atoms with Gasteiger partial charge in [0.05, 0.1) is 6.61 Å². The topological polar surface area (TPSA) is 12.5 Å². The Bertz CT molecular complexity index is 1130. The van der Waals surface area contributed by atoms with Crippen molar-refractivity contribution in [1.29, 1.82) is 0 Å². The van der Waals surface area contributed by atoms with Crippen molar-refractivity contribution >= 4 is 5.57 Å². The summed E-state index contributed by atoms with van der Waals surface area (Å²) < 4.78 is 63.9. The molecule has 0 aromatic heterocycles. The number of epoxide rings is 1. The second kappa shape index (κ2) is 10.3. The van der Waals surface area contributed by atoms with E-state index in [1.807, 2.05) is 12.2 Å². The van der Waals surface area contributed by atoms with Gasteiger partial charge in [0.2, 0.25) is 0 Å². The summed E-state index contributed by atoms with van der Waals surface area (Å²) in [6.07, 6.45) is 10.6. The van der Waals surface area contributed by atoms with Gasteiger partial charge in [-0.05, 0) is 92.2 Å². The molecule has 2 aromatic carbocycles. The molecule has 186 valence electrons. The van der Waals surface area contributed by atoms with E-state index in [2.05, 4.69) is 6.58 Å². The SMILES string of the molecule is C=CC1CC=C(c2ccc(CCC3CCC(c4ccc(C5CO5)c(F)c4F)CC3)c(F)c2F)CC1. The van der Waals surface area contributed by atoms with Crippen molar-refractivity contribution in [1.82, 2.24) is 0 Å². The van der Waals surface area contributed by atoms with Crippen molar-refractivity contribution in [3.05, 3.63) is 88.5 Å². The van der Waals surface area contributed by atoms with E-state index in [4.69, 9.17) is 4.74 Å². The highest BCUT2D eigenvalue weighted by Gasteiger charge is 2.32. The third-order valence-electron chi connectivity index (χ3n) is 8.22. The number of hydrogen-bond donors (Lipinski definition) is 0. The highest BCUT2D eigenvalue weighted by molar-refractivity contribution is 5.67. The first-order valence-electron chi connectivity index (χ1n) is 12.8. The fourth-order valence-corrected chi connectivity index (χ4v) is 5.84. The fraction of sp³-hybridized carbons (Fsp3) is 0.467. The Hall–Kier alpha value is -2.40. The van der Waals surface area contributed by atoms with Crippen LogP contribution in [0.15, 0.2) is 43.0 Å². The van der Waals surface area contributed by atoms with Gasteiger partial charge in [0.1, 0.15) is 6.10 Å². The summed E-state index contributed by atoms with van der Waals surface area (Å²) in [7, 11) is 0. The van der Waals surface area contributed by atoms with Crippen LogP contribution in [0.1, 0.15) is 85.6 Å². The fourth-order valence-electron chi connectivity index (χ4n) is 5.84. The smallest absolute Gasteiger partial charge is 0.166 e. The molecule has 2 unspecified atom stereocenters. The van der Waals surface area contributed by atoms with Crippen LogP contribution < -0.4 is 0 Å². The van der Waals surface area contributed by atoms with Gasteiger partial charge in [0, 0.05) is 11.1 Å². The van der Waals surface area contributed by atoms with Gasteiger partial charge in [0.25, 0.3) is 0 Å². The molecule has 2 fully saturated rings. The number of rotatable bonds is 7. The van der Waals surface area contributed by atoms with E-state index in [9.17, 15) is 17.6 Å². The Balaban J connectivity index is 1.17. The number of hydrogen-bond acceptors (Lipinski definition) is 1. The molecule has 2 aromatic rings. The summed E-state index contributed by atoms with van der Waals surface area (Å²) in [5, 5.41) is 0. The molecule has 0 N–H and O–H groups in total. The van der Waals surface area contributed by atoms with Crippen molar-refractivity contribution in [3.8, 4) is 0 Å². The Morgan fingerprint density at radius 2 is 1.57 bits per heavy atom. The Morgan fingerprint density at radius 3 is 2.23 bits per heavy atom. The van der Waals surface area contributed by atoms with Gasteiger partial charge in [-0.25, -0.2) is 17.6 Å². The molecule has 2 atom stereocenters. The lowest BCUT2D eigenvalue weighted by Crippen LogP contribution is -2.16. The Morgan fingerprint density at radius 1 is 0.857 bits per heavy atom. The van der Waals surface area contributed by atoms with Crippen molar-refractivity contribution in [3.63, 3.8) is 0 Å². The maximum absolute atomic E-state index is 14.9. The lowest BCUT2D eigenvalue weighted by atomic mass is 9.76. The number of ether oxygens (including phenoxy) is 1. The highest BCUT2D eigenvalue weighted by atomic mass is 19.2. The third kappa shape index (κ3) is 5.11. The number of halogens is 4. The summed E-state index contributed by atoms with van der Waals surface area (Å²) in [5.41, 5.74) is 2.43. The summed E-state index contributed by atoms with van der Waals surface area (Å²) in [5.74, 6) is -2.23. The number of allylic oxidation sites excluding steroid dienone is 3. The van der Waals surface area contributed by atoms with Gasteiger partial charge in [-0.3, -0.25) is 0 Å². The molecule has 0 spiro atoms. The van der Waals surface area contributed by atoms with Crippen molar-refractivity contribution in [2.24, 2.45) is 11.8 Å². The molecule has 0 radical (unpaired) electrons. The average Bonchev–Trinajstić information content (AvgIpc) is 3.72. The van der Waals surface area contributed by atoms with E-state index in [1.54, 1.807) is 24.3 Å². The molecule has 5 rings (SSSR count). The largest absolute Gasteiger partial charge is 0.368 e. The number of benzene rings is 2. The minimum atomic E-state index is -0.780. The van der Waals surface area contributed by atoms with Crippen LogP contribution in [0, 0.1) is 35.1 Å². The van der Waals surface area contributed by atoms with Crippen molar-refractivity contribution < 1.29 is 22.3 Å². The Kier molecular flexibility index (Phi) is 7.15. The van der Waals surface area contributed by atoms with E-state index in [1.165, 1.54) is 0 Å². The zero-order valence-corrected chi connectivity index (χ0v) is 20.0. The summed E-state index contributed by atoms with van der Waals surface area (Å²) in [6, 6.07) is 6.81. The van der Waals surface area contributed by atoms with Gasteiger partial charge in [-0.2, -0.15) is 0 Å². The second-order valence-corrected chi connectivity index (χ2v) is 10.4. The van der Waals surface area contributed by atoms with E-state index in [0.29, 0.717) is 47.1 Å². The van der Waals surface area contributed by atoms with Gasteiger partial charge in [-0.1, -0.05) is 36.4 Å². The summed E-state index contributed by atoms with van der Waals surface area (Å²) in [4.78, 5) is 0. The average molecular weight is 485 g/mol. The molecule has 2 aliphatic carbocycles. The highest BCUT2D eigenvalue weighted by Crippen LogP contribution is 2.41. The minimum Gasteiger partial charge on any atom is -0.368 e. The molecule has 0 bridgehead atoms. The van der Waals surface area contributed by atoms with E-state index >= 15 is 0 Å². The molecule has 1 heterocycles. The normalized spacial score (nSPS) is 26.3. The predicted octanol–water partition coefficient (Wildman–Crippen LogP) is 8.59. The number of aryl methyl sites for hydroxylation is 1. The lowest BCUT2D eigenvalue weighted by molar-refractivity contribution is 0.303.